The Hall–Kier alpha value is -1.95. The molecule has 6 nitrogen and oxygen atoms in total. The molecule has 2 aromatic heterocycles. The molecule has 6 heteroatoms. The molecule has 1 saturated carbocycles. The number of anilines is 1. The Balaban J connectivity index is 1.61. The van der Waals surface area contributed by atoms with Crippen molar-refractivity contribution in [3.8, 4) is 0 Å². The number of nitrogens with zero attached hydrogens (tertiary/aromatic N) is 3. The average molecular weight is 358 g/mol. The molecule has 1 amide bonds. The molecule has 26 heavy (non-hydrogen) atoms. The zero-order valence-corrected chi connectivity index (χ0v) is 16.5. The standard InChI is InChI=1S/C20H30N4O2/c1-12(2)16-7-6-13(3)8-18(16)26-11-19(25)22-15-9-17-14(4)23-24(5)20(17)21-10-15/h9-10,12-13,16,18H,6-8,11H2,1-5H3,(H,22,25)/t13-,16-,18-/m1/s1. The Kier molecular flexibility index (Phi) is 5.61. The number of aromatic nitrogens is 3. The summed E-state index contributed by atoms with van der Waals surface area (Å²) in [5.41, 5.74) is 2.39. The van der Waals surface area contributed by atoms with E-state index in [2.05, 4.69) is 36.2 Å². The Morgan fingerprint density at radius 2 is 2.19 bits per heavy atom. The van der Waals surface area contributed by atoms with E-state index in [1.165, 1.54) is 12.8 Å². The minimum atomic E-state index is -0.131. The smallest absolute Gasteiger partial charge is 0.250 e. The Labute approximate surface area is 155 Å². The van der Waals surface area contributed by atoms with Gasteiger partial charge in [-0.15, -0.1) is 0 Å². The van der Waals surface area contributed by atoms with Crippen LogP contribution in [0.1, 0.15) is 45.7 Å². The molecular formula is C20H30N4O2. The van der Waals surface area contributed by atoms with Gasteiger partial charge in [0.2, 0.25) is 5.91 Å². The van der Waals surface area contributed by atoms with Crippen LogP contribution in [0.15, 0.2) is 12.3 Å². The number of fused-ring (bicyclic) bond motifs is 1. The van der Waals surface area contributed by atoms with Gasteiger partial charge in [0, 0.05) is 12.4 Å². The van der Waals surface area contributed by atoms with Crippen LogP contribution in [0.5, 0.6) is 0 Å². The van der Waals surface area contributed by atoms with Gasteiger partial charge >= 0.3 is 0 Å². The summed E-state index contributed by atoms with van der Waals surface area (Å²) >= 11 is 0. The quantitative estimate of drug-likeness (QED) is 0.885. The molecule has 0 radical (unpaired) electrons. The Bertz CT molecular complexity index is 783. The molecular weight excluding hydrogens is 328 g/mol. The molecule has 3 rings (SSSR count). The Morgan fingerprint density at radius 3 is 2.92 bits per heavy atom. The van der Waals surface area contributed by atoms with Gasteiger partial charge in [0.05, 0.1) is 23.7 Å². The van der Waals surface area contributed by atoms with Crippen LogP contribution in [0.25, 0.3) is 11.0 Å². The molecule has 0 aromatic carbocycles. The van der Waals surface area contributed by atoms with Crippen LogP contribution in [0.2, 0.25) is 0 Å². The lowest BCUT2D eigenvalue weighted by molar-refractivity contribution is -0.126. The normalized spacial score (nSPS) is 23.5. The lowest BCUT2D eigenvalue weighted by Crippen LogP contribution is -2.36. The van der Waals surface area contributed by atoms with Crippen LogP contribution in [0, 0.1) is 24.7 Å². The maximum Gasteiger partial charge on any atom is 0.250 e. The molecule has 0 spiro atoms. The van der Waals surface area contributed by atoms with Gasteiger partial charge in [0.25, 0.3) is 0 Å². The second kappa shape index (κ2) is 7.74. The van der Waals surface area contributed by atoms with Crippen molar-refractivity contribution in [3.05, 3.63) is 18.0 Å². The second-order valence-electron chi connectivity index (χ2n) is 8.03. The largest absolute Gasteiger partial charge is 0.368 e. The predicted octanol–water partition coefficient (Wildman–Crippen LogP) is 3.69. The molecule has 1 aliphatic carbocycles. The van der Waals surface area contributed by atoms with Gasteiger partial charge in [-0.1, -0.05) is 27.2 Å². The molecule has 1 N–H and O–H groups in total. The first-order valence-electron chi connectivity index (χ1n) is 9.56. The van der Waals surface area contributed by atoms with Gasteiger partial charge in [0.15, 0.2) is 5.65 Å². The van der Waals surface area contributed by atoms with Crippen molar-refractivity contribution in [2.24, 2.45) is 24.8 Å². The topological polar surface area (TPSA) is 69.0 Å². The summed E-state index contributed by atoms with van der Waals surface area (Å²) in [5, 5.41) is 8.21. The highest BCUT2D eigenvalue weighted by Gasteiger charge is 2.31. The molecule has 2 aromatic rings. The number of carbonyl (C=O) groups is 1. The van der Waals surface area contributed by atoms with E-state index in [1.807, 2.05) is 20.0 Å². The molecule has 0 bridgehead atoms. The third kappa shape index (κ3) is 4.06. The predicted molar refractivity (Wildman–Crippen MR) is 103 cm³/mol. The van der Waals surface area contributed by atoms with Crippen LogP contribution in [-0.4, -0.2) is 33.4 Å². The van der Waals surface area contributed by atoms with Crippen LogP contribution in [0.4, 0.5) is 5.69 Å². The summed E-state index contributed by atoms with van der Waals surface area (Å²) in [6.07, 6.45) is 5.32. The van der Waals surface area contributed by atoms with Crippen molar-refractivity contribution in [2.75, 3.05) is 11.9 Å². The van der Waals surface area contributed by atoms with E-state index in [-0.39, 0.29) is 18.6 Å². The van der Waals surface area contributed by atoms with Crippen molar-refractivity contribution in [2.45, 2.75) is 53.1 Å². The number of aryl methyl sites for hydroxylation is 2. The van der Waals surface area contributed by atoms with E-state index in [0.29, 0.717) is 23.4 Å². The minimum absolute atomic E-state index is 0.0880. The summed E-state index contributed by atoms with van der Waals surface area (Å²) in [6.45, 7) is 8.78. The van der Waals surface area contributed by atoms with Gasteiger partial charge in [0.1, 0.15) is 6.61 Å². The van der Waals surface area contributed by atoms with Crippen LogP contribution < -0.4 is 5.32 Å². The molecule has 0 aliphatic heterocycles. The fourth-order valence-electron chi connectivity index (χ4n) is 4.06. The van der Waals surface area contributed by atoms with Crippen molar-refractivity contribution in [1.29, 1.82) is 0 Å². The number of pyridine rings is 1. The van der Waals surface area contributed by atoms with Gasteiger partial charge < -0.3 is 10.1 Å². The van der Waals surface area contributed by atoms with Crippen molar-refractivity contribution >= 4 is 22.6 Å². The number of ether oxygens (including phenoxy) is 1. The van der Waals surface area contributed by atoms with Crippen LogP contribution in [0.3, 0.4) is 0 Å². The highest BCUT2D eigenvalue weighted by atomic mass is 16.5. The first kappa shape index (κ1) is 18.8. The zero-order chi connectivity index (χ0) is 18.8. The second-order valence-corrected chi connectivity index (χ2v) is 8.03. The summed E-state index contributed by atoms with van der Waals surface area (Å²) in [5.74, 6) is 1.65. The molecule has 0 saturated heterocycles. The average Bonchev–Trinajstić information content (AvgIpc) is 2.86. The number of hydrogen-bond donors (Lipinski definition) is 1. The molecule has 0 unspecified atom stereocenters. The maximum absolute atomic E-state index is 12.4. The number of rotatable bonds is 5. The Morgan fingerprint density at radius 1 is 1.42 bits per heavy atom. The molecule has 1 aliphatic rings. The maximum atomic E-state index is 12.4. The fourth-order valence-corrected chi connectivity index (χ4v) is 4.06. The van der Waals surface area contributed by atoms with Gasteiger partial charge in [-0.05, 0) is 43.6 Å². The van der Waals surface area contributed by atoms with Gasteiger partial charge in [-0.3, -0.25) is 9.48 Å². The van der Waals surface area contributed by atoms with Gasteiger partial charge in [-0.2, -0.15) is 5.10 Å². The molecule has 2 heterocycles. The number of amides is 1. The zero-order valence-electron chi connectivity index (χ0n) is 16.5. The third-order valence-corrected chi connectivity index (χ3v) is 5.54. The number of hydrogen-bond acceptors (Lipinski definition) is 4. The summed E-state index contributed by atoms with van der Waals surface area (Å²) in [6, 6.07) is 1.92. The number of nitrogens with one attached hydrogen (secondary N) is 1. The highest BCUT2D eigenvalue weighted by molar-refractivity contribution is 5.93. The van der Waals surface area contributed by atoms with Crippen molar-refractivity contribution in [3.63, 3.8) is 0 Å². The summed E-state index contributed by atoms with van der Waals surface area (Å²) < 4.78 is 7.77. The summed E-state index contributed by atoms with van der Waals surface area (Å²) in [7, 11) is 1.87. The SMILES string of the molecule is Cc1nn(C)c2ncc(NC(=O)CO[C@@H]3C[C@H](C)CC[C@@H]3C(C)C)cc12. The van der Waals surface area contributed by atoms with E-state index < -0.39 is 0 Å². The van der Waals surface area contributed by atoms with Crippen LogP contribution >= 0.6 is 0 Å². The first-order valence-corrected chi connectivity index (χ1v) is 9.56. The lowest BCUT2D eigenvalue weighted by atomic mass is 9.75. The van der Waals surface area contributed by atoms with Gasteiger partial charge in [-0.25, -0.2) is 4.98 Å². The third-order valence-electron chi connectivity index (χ3n) is 5.54. The van der Waals surface area contributed by atoms with E-state index in [9.17, 15) is 4.79 Å². The minimum Gasteiger partial charge on any atom is -0.368 e. The monoisotopic (exact) mass is 358 g/mol. The van der Waals surface area contributed by atoms with E-state index in [4.69, 9.17) is 4.74 Å². The highest BCUT2D eigenvalue weighted by Crippen LogP contribution is 2.35. The van der Waals surface area contributed by atoms with E-state index in [1.54, 1.807) is 10.9 Å². The molecule has 142 valence electrons. The fraction of sp³-hybridized carbons (Fsp3) is 0.650. The van der Waals surface area contributed by atoms with Crippen molar-refractivity contribution < 1.29 is 9.53 Å². The van der Waals surface area contributed by atoms with Crippen LogP contribution in [-0.2, 0) is 16.6 Å². The van der Waals surface area contributed by atoms with E-state index >= 15 is 0 Å². The summed E-state index contributed by atoms with van der Waals surface area (Å²) in [4.78, 5) is 16.7. The van der Waals surface area contributed by atoms with Crippen molar-refractivity contribution in [1.82, 2.24) is 14.8 Å². The number of carbonyl (C=O) groups excluding carboxylic acids is 1. The van der Waals surface area contributed by atoms with E-state index in [0.717, 1.165) is 23.1 Å². The molecule has 3 atom stereocenters. The molecule has 1 fully saturated rings. The lowest BCUT2D eigenvalue weighted by Gasteiger charge is -2.37. The first-order chi connectivity index (χ1) is 12.3.